The Kier molecular flexibility index (Phi) is 6.79. The molecule has 0 radical (unpaired) electrons. The largest absolute Gasteiger partial charge is 0.493 e. The molecule has 0 amide bonds. The summed E-state index contributed by atoms with van der Waals surface area (Å²) in [6.45, 7) is 2.30. The summed E-state index contributed by atoms with van der Waals surface area (Å²) in [7, 11) is 1.75. The number of Topliss-reactive ketones (excluding diaryl/α,β-unsaturated/α-hetero) is 1. The van der Waals surface area contributed by atoms with Crippen molar-refractivity contribution in [2.24, 2.45) is 0 Å². The zero-order valence-electron chi connectivity index (χ0n) is 18.3. The third kappa shape index (κ3) is 4.80. The van der Waals surface area contributed by atoms with Gasteiger partial charge in [0.05, 0.1) is 18.4 Å². The van der Waals surface area contributed by atoms with E-state index in [2.05, 4.69) is 4.98 Å². The number of carbonyl (C=O) groups excluding carboxylic acids is 1. The number of ether oxygens (including phenoxy) is 2. The SMILES string of the molecule is CCOc1cc2nc(C3CCCC(OC)C3)cn2cc1CC(=O)c1cccc(C(F)F)n1. The maximum absolute atomic E-state index is 13.0. The normalized spacial score (nSPS) is 18.9. The Balaban J connectivity index is 1.62. The molecule has 6 nitrogen and oxygen atoms in total. The van der Waals surface area contributed by atoms with E-state index < -0.39 is 12.1 Å². The van der Waals surface area contributed by atoms with Gasteiger partial charge in [-0.15, -0.1) is 0 Å². The lowest BCUT2D eigenvalue weighted by molar-refractivity contribution is 0.0630. The van der Waals surface area contributed by atoms with E-state index in [1.807, 2.05) is 29.8 Å². The Morgan fingerprint density at radius 1 is 1.25 bits per heavy atom. The highest BCUT2D eigenvalue weighted by molar-refractivity contribution is 5.96. The number of carbonyl (C=O) groups is 1. The minimum absolute atomic E-state index is 0.00629. The van der Waals surface area contributed by atoms with Gasteiger partial charge in [-0.05, 0) is 38.3 Å². The van der Waals surface area contributed by atoms with Gasteiger partial charge in [0, 0.05) is 43.5 Å². The Bertz CT molecular complexity index is 1100. The summed E-state index contributed by atoms with van der Waals surface area (Å²) in [4.78, 5) is 21.4. The third-order valence-corrected chi connectivity index (χ3v) is 5.96. The van der Waals surface area contributed by atoms with Crippen LogP contribution in [-0.4, -0.2) is 40.0 Å². The molecule has 1 fully saturated rings. The van der Waals surface area contributed by atoms with E-state index in [0.29, 0.717) is 23.8 Å². The molecule has 3 heterocycles. The van der Waals surface area contributed by atoms with Gasteiger partial charge in [0.15, 0.2) is 5.78 Å². The minimum atomic E-state index is -2.72. The first kappa shape index (κ1) is 22.3. The second-order valence-corrected chi connectivity index (χ2v) is 8.10. The topological polar surface area (TPSA) is 65.7 Å². The van der Waals surface area contributed by atoms with Gasteiger partial charge in [-0.3, -0.25) is 4.79 Å². The molecule has 2 unspecified atom stereocenters. The molecule has 170 valence electrons. The van der Waals surface area contributed by atoms with Gasteiger partial charge in [0.2, 0.25) is 0 Å². The molecular weight excluding hydrogens is 416 g/mol. The second kappa shape index (κ2) is 9.73. The zero-order chi connectivity index (χ0) is 22.7. The zero-order valence-corrected chi connectivity index (χ0v) is 18.3. The lowest BCUT2D eigenvalue weighted by Gasteiger charge is -2.26. The van der Waals surface area contributed by atoms with Crippen LogP contribution in [-0.2, 0) is 11.2 Å². The van der Waals surface area contributed by atoms with Crippen LogP contribution in [0.2, 0.25) is 0 Å². The van der Waals surface area contributed by atoms with Gasteiger partial charge in [0.1, 0.15) is 22.8 Å². The fraction of sp³-hybridized carbons (Fsp3) is 0.458. The molecule has 1 saturated carbocycles. The van der Waals surface area contributed by atoms with E-state index in [1.54, 1.807) is 7.11 Å². The maximum Gasteiger partial charge on any atom is 0.280 e. The van der Waals surface area contributed by atoms with Gasteiger partial charge < -0.3 is 13.9 Å². The van der Waals surface area contributed by atoms with Crippen molar-refractivity contribution in [3.05, 3.63) is 59.3 Å². The average Bonchev–Trinajstić information content (AvgIpc) is 3.22. The summed E-state index contributed by atoms with van der Waals surface area (Å²) in [6, 6.07) is 5.92. The van der Waals surface area contributed by atoms with Crippen LogP contribution in [0.1, 0.15) is 72.4 Å². The van der Waals surface area contributed by atoms with Crippen molar-refractivity contribution in [1.29, 1.82) is 0 Å². The smallest absolute Gasteiger partial charge is 0.280 e. The number of aromatic nitrogens is 3. The molecule has 0 aromatic carbocycles. The first-order chi connectivity index (χ1) is 15.5. The summed E-state index contributed by atoms with van der Waals surface area (Å²) in [5.41, 5.74) is 2.03. The summed E-state index contributed by atoms with van der Waals surface area (Å²) in [6.07, 6.45) is 5.54. The number of pyridine rings is 2. The molecule has 4 rings (SSSR count). The van der Waals surface area contributed by atoms with E-state index in [9.17, 15) is 13.6 Å². The highest BCUT2D eigenvalue weighted by Gasteiger charge is 2.25. The maximum atomic E-state index is 13.0. The van der Waals surface area contributed by atoms with Crippen LogP contribution in [0.3, 0.4) is 0 Å². The minimum Gasteiger partial charge on any atom is -0.493 e. The molecule has 0 N–H and O–H groups in total. The number of rotatable bonds is 8. The first-order valence-corrected chi connectivity index (χ1v) is 10.9. The van der Waals surface area contributed by atoms with Crippen LogP contribution >= 0.6 is 0 Å². The standard InChI is InChI=1S/C24H27F2N3O3/c1-3-32-22-12-23-28-20(15-6-4-7-17(10-15)31-2)14-29(23)13-16(22)11-21(30)18-8-5-9-19(27-18)24(25)26/h5,8-9,12-15,17,24H,3-4,6-7,10-11H2,1-2H3. The number of halogens is 2. The fourth-order valence-electron chi connectivity index (χ4n) is 4.32. The summed E-state index contributed by atoms with van der Waals surface area (Å²) in [5, 5.41) is 0. The second-order valence-electron chi connectivity index (χ2n) is 8.10. The Morgan fingerprint density at radius 2 is 2.09 bits per heavy atom. The van der Waals surface area contributed by atoms with Gasteiger partial charge in [0.25, 0.3) is 6.43 Å². The van der Waals surface area contributed by atoms with Crippen LogP contribution in [0.15, 0.2) is 36.7 Å². The van der Waals surface area contributed by atoms with Crippen molar-refractivity contribution in [2.75, 3.05) is 13.7 Å². The van der Waals surface area contributed by atoms with Crippen molar-refractivity contribution in [1.82, 2.24) is 14.4 Å². The molecule has 0 spiro atoms. The fourth-order valence-corrected chi connectivity index (χ4v) is 4.32. The van der Waals surface area contributed by atoms with Gasteiger partial charge in [-0.1, -0.05) is 12.5 Å². The molecule has 3 aromatic heterocycles. The molecule has 0 aliphatic heterocycles. The van der Waals surface area contributed by atoms with Crippen LogP contribution < -0.4 is 4.74 Å². The predicted octanol–water partition coefficient (Wildman–Crippen LogP) is 5.16. The molecule has 32 heavy (non-hydrogen) atoms. The highest BCUT2D eigenvalue weighted by atomic mass is 19.3. The van der Waals surface area contributed by atoms with Crippen LogP contribution in [0.5, 0.6) is 5.75 Å². The quantitative estimate of drug-likeness (QED) is 0.450. The number of hydrogen-bond donors (Lipinski definition) is 0. The van der Waals surface area contributed by atoms with Gasteiger partial charge >= 0.3 is 0 Å². The van der Waals surface area contributed by atoms with Crippen LogP contribution in [0.25, 0.3) is 5.65 Å². The van der Waals surface area contributed by atoms with E-state index in [0.717, 1.165) is 37.0 Å². The summed E-state index contributed by atoms with van der Waals surface area (Å²) < 4.78 is 39.2. The number of ketones is 1. The summed E-state index contributed by atoms with van der Waals surface area (Å²) >= 11 is 0. The van der Waals surface area contributed by atoms with E-state index >= 15 is 0 Å². The van der Waals surface area contributed by atoms with Crippen LogP contribution in [0.4, 0.5) is 8.78 Å². The molecule has 0 bridgehead atoms. The van der Waals surface area contributed by atoms with E-state index in [1.165, 1.54) is 18.2 Å². The predicted molar refractivity (Wildman–Crippen MR) is 116 cm³/mol. The van der Waals surface area contributed by atoms with Gasteiger partial charge in [-0.2, -0.15) is 0 Å². The Hall–Kier alpha value is -2.87. The molecule has 8 heteroatoms. The van der Waals surface area contributed by atoms with E-state index in [4.69, 9.17) is 14.5 Å². The molecule has 0 saturated heterocycles. The number of imidazole rings is 1. The third-order valence-electron chi connectivity index (χ3n) is 5.96. The number of alkyl halides is 2. The average molecular weight is 443 g/mol. The van der Waals surface area contributed by atoms with Gasteiger partial charge in [-0.25, -0.2) is 18.7 Å². The number of methoxy groups -OCH3 is 1. The molecule has 2 atom stereocenters. The van der Waals surface area contributed by atoms with Crippen molar-refractivity contribution < 1.29 is 23.0 Å². The molecule has 3 aromatic rings. The highest BCUT2D eigenvalue weighted by Crippen LogP contribution is 2.34. The first-order valence-electron chi connectivity index (χ1n) is 10.9. The Labute approximate surface area is 185 Å². The summed E-state index contributed by atoms with van der Waals surface area (Å²) in [5.74, 6) is 0.549. The van der Waals surface area contributed by atoms with Crippen LogP contribution in [0, 0.1) is 0 Å². The van der Waals surface area contributed by atoms with Crippen molar-refractivity contribution in [2.45, 2.75) is 57.5 Å². The molecule has 1 aliphatic rings. The monoisotopic (exact) mass is 443 g/mol. The number of nitrogens with zero attached hydrogens (tertiary/aromatic N) is 3. The lowest BCUT2D eigenvalue weighted by Crippen LogP contribution is -2.20. The number of fused-ring (bicyclic) bond motifs is 1. The molecular formula is C24H27F2N3O3. The lowest BCUT2D eigenvalue weighted by atomic mass is 9.85. The van der Waals surface area contributed by atoms with Crippen molar-refractivity contribution >= 4 is 11.4 Å². The van der Waals surface area contributed by atoms with Crippen molar-refractivity contribution in [3.8, 4) is 5.75 Å². The Morgan fingerprint density at radius 3 is 2.84 bits per heavy atom. The van der Waals surface area contributed by atoms with Crippen molar-refractivity contribution in [3.63, 3.8) is 0 Å². The molecule has 1 aliphatic carbocycles. The number of hydrogen-bond acceptors (Lipinski definition) is 5. The van der Waals surface area contributed by atoms with E-state index in [-0.39, 0.29) is 24.0 Å².